The molecule has 1 aliphatic heterocycles. The molecule has 1 aromatic heterocycles. The Bertz CT molecular complexity index is 706. The van der Waals surface area contributed by atoms with E-state index in [4.69, 9.17) is 27.9 Å². The summed E-state index contributed by atoms with van der Waals surface area (Å²) in [5.41, 5.74) is 1.04. The minimum Gasteiger partial charge on any atom is -0.456 e. The van der Waals surface area contributed by atoms with Crippen molar-refractivity contribution in [2.45, 2.75) is 32.4 Å². The van der Waals surface area contributed by atoms with Crippen LogP contribution in [0.3, 0.4) is 0 Å². The third-order valence-electron chi connectivity index (χ3n) is 4.40. The average molecular weight is 380 g/mol. The van der Waals surface area contributed by atoms with Gasteiger partial charge in [0.2, 0.25) is 0 Å². The highest BCUT2D eigenvalue weighted by atomic mass is 35.5. The maximum absolute atomic E-state index is 6.02. The predicted molar refractivity (Wildman–Crippen MR) is 103 cm³/mol. The van der Waals surface area contributed by atoms with Crippen molar-refractivity contribution in [3.63, 3.8) is 0 Å². The molecule has 1 fully saturated rings. The standard InChI is InChI=1S/C19H23Cl2N3O/c1-13(2)24-9-3-8-22-19(12-24)18-7-5-15(11-23-18)25-14-4-6-16(20)17(21)10-14/h4-7,10-11,13,19,22H,3,8-9,12H2,1-2H3. The van der Waals surface area contributed by atoms with Gasteiger partial charge in [-0.05, 0) is 57.6 Å². The SMILES string of the molecule is CC(C)N1CCCNC(c2ccc(Oc3ccc(Cl)c(Cl)c3)cn2)C1. The highest BCUT2D eigenvalue weighted by molar-refractivity contribution is 6.42. The minimum atomic E-state index is 0.240. The molecule has 1 N–H and O–H groups in total. The van der Waals surface area contributed by atoms with E-state index in [1.54, 1.807) is 24.4 Å². The second kappa shape index (κ2) is 8.37. The van der Waals surface area contributed by atoms with Crippen LogP contribution in [0.5, 0.6) is 11.5 Å². The average Bonchev–Trinajstić information content (AvgIpc) is 2.85. The summed E-state index contributed by atoms with van der Waals surface area (Å²) in [6.45, 7) is 7.59. The first-order valence-electron chi connectivity index (χ1n) is 8.59. The van der Waals surface area contributed by atoms with Crippen molar-refractivity contribution in [3.8, 4) is 11.5 Å². The molecule has 1 aromatic carbocycles. The maximum Gasteiger partial charge on any atom is 0.145 e. The van der Waals surface area contributed by atoms with E-state index in [1.807, 2.05) is 12.1 Å². The Labute approximate surface area is 159 Å². The molecular weight excluding hydrogens is 357 g/mol. The number of nitrogens with zero attached hydrogens (tertiary/aromatic N) is 2. The third kappa shape index (κ3) is 4.85. The van der Waals surface area contributed by atoms with Crippen LogP contribution < -0.4 is 10.1 Å². The first kappa shape index (κ1) is 18.5. The van der Waals surface area contributed by atoms with Crippen LogP contribution in [0.1, 0.15) is 32.0 Å². The van der Waals surface area contributed by atoms with Crippen LogP contribution in [0.15, 0.2) is 36.5 Å². The third-order valence-corrected chi connectivity index (χ3v) is 5.14. The van der Waals surface area contributed by atoms with Crippen molar-refractivity contribution in [1.82, 2.24) is 15.2 Å². The van der Waals surface area contributed by atoms with Crippen molar-refractivity contribution >= 4 is 23.2 Å². The van der Waals surface area contributed by atoms with Crippen LogP contribution in [-0.4, -0.2) is 35.6 Å². The highest BCUT2D eigenvalue weighted by Gasteiger charge is 2.21. The summed E-state index contributed by atoms with van der Waals surface area (Å²) in [6, 6.07) is 9.95. The second-order valence-corrected chi connectivity index (χ2v) is 7.36. The van der Waals surface area contributed by atoms with Crippen LogP contribution >= 0.6 is 23.2 Å². The van der Waals surface area contributed by atoms with Crippen LogP contribution in [-0.2, 0) is 0 Å². The summed E-state index contributed by atoms with van der Waals surface area (Å²) in [4.78, 5) is 7.09. The fourth-order valence-corrected chi connectivity index (χ4v) is 3.24. The molecule has 1 unspecified atom stereocenters. The smallest absolute Gasteiger partial charge is 0.145 e. The second-order valence-electron chi connectivity index (χ2n) is 6.55. The zero-order valence-corrected chi connectivity index (χ0v) is 16.0. The number of halogens is 2. The molecule has 2 heterocycles. The van der Waals surface area contributed by atoms with Gasteiger partial charge in [-0.3, -0.25) is 9.88 Å². The number of nitrogens with one attached hydrogen (secondary N) is 1. The summed E-state index contributed by atoms with van der Waals surface area (Å²) in [7, 11) is 0. The molecule has 4 nitrogen and oxygen atoms in total. The highest BCUT2D eigenvalue weighted by Crippen LogP contribution is 2.29. The summed E-state index contributed by atoms with van der Waals surface area (Å²) >= 11 is 11.9. The largest absolute Gasteiger partial charge is 0.456 e. The van der Waals surface area contributed by atoms with Crippen molar-refractivity contribution in [2.24, 2.45) is 0 Å². The number of hydrogen-bond donors (Lipinski definition) is 1. The molecular formula is C19H23Cl2N3O. The van der Waals surface area contributed by atoms with Gasteiger partial charge in [-0.2, -0.15) is 0 Å². The topological polar surface area (TPSA) is 37.4 Å². The van der Waals surface area contributed by atoms with Gasteiger partial charge in [-0.15, -0.1) is 0 Å². The molecule has 0 bridgehead atoms. The van der Waals surface area contributed by atoms with E-state index in [9.17, 15) is 0 Å². The first-order valence-corrected chi connectivity index (χ1v) is 9.35. The van der Waals surface area contributed by atoms with E-state index in [0.29, 0.717) is 27.6 Å². The van der Waals surface area contributed by atoms with E-state index < -0.39 is 0 Å². The summed E-state index contributed by atoms with van der Waals surface area (Å²) in [5.74, 6) is 1.32. The van der Waals surface area contributed by atoms with Crippen molar-refractivity contribution < 1.29 is 4.74 Å². The van der Waals surface area contributed by atoms with Crippen LogP contribution in [0.25, 0.3) is 0 Å². The van der Waals surface area contributed by atoms with Gasteiger partial charge in [-0.1, -0.05) is 23.2 Å². The number of pyridine rings is 1. The summed E-state index contributed by atoms with van der Waals surface area (Å²) < 4.78 is 5.80. The zero-order chi connectivity index (χ0) is 17.8. The summed E-state index contributed by atoms with van der Waals surface area (Å²) in [5, 5.41) is 4.57. The molecule has 0 aliphatic carbocycles. The number of hydrogen-bond acceptors (Lipinski definition) is 4. The Morgan fingerprint density at radius 3 is 2.64 bits per heavy atom. The lowest BCUT2D eigenvalue weighted by molar-refractivity contribution is 0.217. The molecule has 3 rings (SSSR count). The Hall–Kier alpha value is -1.33. The molecule has 1 saturated heterocycles. The van der Waals surface area contributed by atoms with Gasteiger partial charge in [0.05, 0.1) is 28.0 Å². The van der Waals surface area contributed by atoms with E-state index in [-0.39, 0.29) is 6.04 Å². The zero-order valence-electron chi connectivity index (χ0n) is 14.5. The van der Waals surface area contributed by atoms with Gasteiger partial charge >= 0.3 is 0 Å². The molecule has 0 saturated carbocycles. The number of ether oxygens (including phenoxy) is 1. The Balaban J connectivity index is 1.69. The quantitative estimate of drug-likeness (QED) is 0.817. The number of benzene rings is 1. The van der Waals surface area contributed by atoms with Gasteiger partial charge in [-0.25, -0.2) is 0 Å². The maximum atomic E-state index is 6.02. The molecule has 1 atom stereocenters. The van der Waals surface area contributed by atoms with Crippen LogP contribution in [0.4, 0.5) is 0 Å². The number of aromatic nitrogens is 1. The van der Waals surface area contributed by atoms with Crippen molar-refractivity contribution in [3.05, 3.63) is 52.3 Å². The van der Waals surface area contributed by atoms with Crippen molar-refractivity contribution in [2.75, 3.05) is 19.6 Å². The van der Waals surface area contributed by atoms with E-state index >= 15 is 0 Å². The Morgan fingerprint density at radius 1 is 1.16 bits per heavy atom. The Morgan fingerprint density at radius 2 is 1.96 bits per heavy atom. The van der Waals surface area contributed by atoms with E-state index in [2.05, 4.69) is 29.0 Å². The molecule has 0 radical (unpaired) electrons. The van der Waals surface area contributed by atoms with Gasteiger partial charge in [0, 0.05) is 18.7 Å². The molecule has 134 valence electrons. The molecule has 1 aliphatic rings. The lowest BCUT2D eigenvalue weighted by atomic mass is 10.1. The molecule has 0 amide bonds. The minimum absolute atomic E-state index is 0.240. The normalized spacial score (nSPS) is 19.0. The molecule has 2 aromatic rings. The summed E-state index contributed by atoms with van der Waals surface area (Å²) in [6.07, 6.45) is 2.91. The van der Waals surface area contributed by atoms with Crippen LogP contribution in [0.2, 0.25) is 10.0 Å². The molecule has 25 heavy (non-hydrogen) atoms. The van der Waals surface area contributed by atoms with Crippen LogP contribution in [0, 0.1) is 0 Å². The van der Waals surface area contributed by atoms with Crippen molar-refractivity contribution in [1.29, 1.82) is 0 Å². The predicted octanol–water partition coefficient (Wildman–Crippen LogP) is 4.93. The lowest BCUT2D eigenvalue weighted by Crippen LogP contribution is -2.36. The van der Waals surface area contributed by atoms with E-state index in [1.165, 1.54) is 0 Å². The number of rotatable bonds is 4. The van der Waals surface area contributed by atoms with Gasteiger partial charge in [0.15, 0.2) is 0 Å². The first-order chi connectivity index (χ1) is 12.0. The fourth-order valence-electron chi connectivity index (χ4n) is 2.95. The monoisotopic (exact) mass is 379 g/mol. The molecule has 6 heteroatoms. The fraction of sp³-hybridized carbons (Fsp3) is 0.421. The van der Waals surface area contributed by atoms with E-state index in [0.717, 1.165) is 31.7 Å². The Kier molecular flexibility index (Phi) is 6.18. The van der Waals surface area contributed by atoms with Gasteiger partial charge in [0.25, 0.3) is 0 Å². The molecule has 0 spiro atoms. The van der Waals surface area contributed by atoms with Gasteiger partial charge < -0.3 is 10.1 Å². The van der Waals surface area contributed by atoms with Gasteiger partial charge in [0.1, 0.15) is 11.5 Å². The lowest BCUT2D eigenvalue weighted by Gasteiger charge is -2.27.